The van der Waals surface area contributed by atoms with E-state index >= 15 is 0 Å². The van der Waals surface area contributed by atoms with Crippen LogP contribution in [0.3, 0.4) is 0 Å². The van der Waals surface area contributed by atoms with Gasteiger partial charge < -0.3 is 15.8 Å². The third kappa shape index (κ3) is 3.90. The molecule has 0 spiro atoms. The number of anilines is 2. The molecule has 0 radical (unpaired) electrons. The van der Waals surface area contributed by atoms with Crippen LogP contribution in [0.1, 0.15) is 5.56 Å². The molecule has 0 fully saturated rings. The first-order valence-electron chi connectivity index (χ1n) is 6.09. The van der Waals surface area contributed by atoms with Gasteiger partial charge in [-0.25, -0.2) is 0 Å². The summed E-state index contributed by atoms with van der Waals surface area (Å²) < 4.78 is 5.35. The van der Waals surface area contributed by atoms with E-state index in [4.69, 9.17) is 22.1 Å². The second-order valence-electron chi connectivity index (χ2n) is 4.39. The van der Waals surface area contributed by atoms with E-state index in [0.717, 1.165) is 11.3 Å². The summed E-state index contributed by atoms with van der Waals surface area (Å²) in [7, 11) is 0. The third-order valence-electron chi connectivity index (χ3n) is 2.64. The van der Waals surface area contributed by atoms with E-state index in [0.29, 0.717) is 16.5 Å². The van der Waals surface area contributed by atoms with Gasteiger partial charge in [0.25, 0.3) is 5.91 Å². The number of benzene rings is 2. The molecule has 0 unspecified atom stereocenters. The summed E-state index contributed by atoms with van der Waals surface area (Å²) in [5.74, 6) is 0.270. The van der Waals surface area contributed by atoms with Crippen LogP contribution in [0.15, 0.2) is 42.5 Å². The van der Waals surface area contributed by atoms with Crippen LogP contribution in [0.5, 0.6) is 5.75 Å². The van der Waals surface area contributed by atoms with Gasteiger partial charge in [0.2, 0.25) is 0 Å². The molecule has 0 aliphatic carbocycles. The molecule has 2 aromatic carbocycles. The normalized spacial score (nSPS) is 10.1. The Morgan fingerprint density at radius 3 is 2.80 bits per heavy atom. The SMILES string of the molecule is Cc1cccc(NC(=O)COc2ccc(N)c(Cl)c2)c1. The van der Waals surface area contributed by atoms with Crippen LogP contribution in [-0.2, 0) is 4.79 Å². The van der Waals surface area contributed by atoms with Crippen molar-refractivity contribution in [2.75, 3.05) is 17.7 Å². The van der Waals surface area contributed by atoms with Gasteiger partial charge in [-0.15, -0.1) is 0 Å². The lowest BCUT2D eigenvalue weighted by Gasteiger charge is -2.08. The zero-order valence-corrected chi connectivity index (χ0v) is 11.8. The minimum absolute atomic E-state index is 0.0891. The molecule has 0 bridgehead atoms. The molecule has 1 amide bonds. The highest BCUT2D eigenvalue weighted by atomic mass is 35.5. The van der Waals surface area contributed by atoms with E-state index in [1.165, 1.54) is 0 Å². The van der Waals surface area contributed by atoms with Crippen LogP contribution in [-0.4, -0.2) is 12.5 Å². The second kappa shape index (κ2) is 6.30. The van der Waals surface area contributed by atoms with Gasteiger partial charge in [-0.1, -0.05) is 23.7 Å². The molecule has 2 aromatic rings. The fourth-order valence-corrected chi connectivity index (χ4v) is 1.84. The van der Waals surface area contributed by atoms with Gasteiger partial charge in [0.15, 0.2) is 6.61 Å². The van der Waals surface area contributed by atoms with Gasteiger partial charge in [0, 0.05) is 11.8 Å². The molecule has 0 heterocycles. The lowest BCUT2D eigenvalue weighted by molar-refractivity contribution is -0.118. The first-order valence-corrected chi connectivity index (χ1v) is 6.47. The molecule has 20 heavy (non-hydrogen) atoms. The van der Waals surface area contributed by atoms with Gasteiger partial charge in [-0.05, 0) is 36.8 Å². The van der Waals surface area contributed by atoms with Gasteiger partial charge in [-0.2, -0.15) is 0 Å². The minimum atomic E-state index is -0.233. The molecule has 2 rings (SSSR count). The largest absolute Gasteiger partial charge is 0.484 e. The Bertz CT molecular complexity index is 629. The number of halogens is 1. The van der Waals surface area contributed by atoms with Crippen molar-refractivity contribution in [1.29, 1.82) is 0 Å². The topological polar surface area (TPSA) is 64.3 Å². The average Bonchev–Trinajstić information content (AvgIpc) is 2.40. The Hall–Kier alpha value is -2.20. The molecule has 4 nitrogen and oxygen atoms in total. The number of carbonyl (C=O) groups excluding carboxylic acids is 1. The summed E-state index contributed by atoms with van der Waals surface area (Å²) in [4.78, 5) is 11.8. The van der Waals surface area contributed by atoms with E-state index in [9.17, 15) is 4.79 Å². The summed E-state index contributed by atoms with van der Waals surface area (Å²) >= 11 is 5.87. The van der Waals surface area contributed by atoms with Crippen LogP contribution in [0, 0.1) is 6.92 Å². The predicted octanol–water partition coefficient (Wildman–Crippen LogP) is 3.25. The smallest absolute Gasteiger partial charge is 0.262 e. The third-order valence-corrected chi connectivity index (χ3v) is 2.97. The number of hydrogen-bond donors (Lipinski definition) is 2. The van der Waals surface area contributed by atoms with Crippen LogP contribution in [0.25, 0.3) is 0 Å². The Labute approximate surface area is 122 Å². The van der Waals surface area contributed by atoms with Crippen LogP contribution >= 0.6 is 11.6 Å². The number of nitrogens with two attached hydrogens (primary N) is 1. The van der Waals surface area contributed by atoms with Gasteiger partial charge in [-0.3, -0.25) is 4.79 Å². The van der Waals surface area contributed by atoms with Crippen molar-refractivity contribution in [2.24, 2.45) is 0 Å². The Balaban J connectivity index is 1.90. The molecule has 104 valence electrons. The van der Waals surface area contributed by atoms with E-state index in [1.54, 1.807) is 18.2 Å². The van der Waals surface area contributed by atoms with E-state index in [-0.39, 0.29) is 12.5 Å². The van der Waals surface area contributed by atoms with Crippen molar-refractivity contribution in [3.8, 4) is 5.75 Å². The van der Waals surface area contributed by atoms with Gasteiger partial charge in [0.05, 0.1) is 10.7 Å². The maximum Gasteiger partial charge on any atom is 0.262 e. The number of hydrogen-bond acceptors (Lipinski definition) is 3. The standard InChI is InChI=1S/C15H15ClN2O2/c1-10-3-2-4-11(7-10)18-15(19)9-20-12-5-6-14(17)13(16)8-12/h2-8H,9,17H2,1H3,(H,18,19). The Morgan fingerprint density at radius 1 is 1.30 bits per heavy atom. The second-order valence-corrected chi connectivity index (χ2v) is 4.80. The molecule has 0 atom stereocenters. The highest BCUT2D eigenvalue weighted by Gasteiger charge is 2.05. The first kappa shape index (κ1) is 14.2. The molecule has 5 heteroatoms. The summed E-state index contributed by atoms with van der Waals surface area (Å²) in [5, 5.41) is 3.16. The number of aryl methyl sites for hydroxylation is 1. The summed E-state index contributed by atoms with van der Waals surface area (Å²) in [6, 6.07) is 12.4. The summed E-state index contributed by atoms with van der Waals surface area (Å²) in [6.45, 7) is 1.87. The maximum atomic E-state index is 11.8. The highest BCUT2D eigenvalue weighted by Crippen LogP contribution is 2.24. The lowest BCUT2D eigenvalue weighted by Crippen LogP contribution is -2.20. The predicted molar refractivity (Wildman–Crippen MR) is 81.2 cm³/mol. The molecule has 0 saturated carbocycles. The first-order chi connectivity index (χ1) is 9.54. The Kier molecular flexibility index (Phi) is 4.48. The molecule has 0 aromatic heterocycles. The lowest BCUT2D eigenvalue weighted by atomic mass is 10.2. The van der Waals surface area contributed by atoms with E-state index in [1.807, 2.05) is 31.2 Å². The number of carbonyl (C=O) groups is 1. The van der Waals surface area contributed by atoms with Crippen molar-refractivity contribution < 1.29 is 9.53 Å². The average molecular weight is 291 g/mol. The monoisotopic (exact) mass is 290 g/mol. The Morgan fingerprint density at radius 2 is 2.10 bits per heavy atom. The number of nitrogen functional groups attached to an aromatic ring is 1. The molecule has 0 saturated heterocycles. The zero-order chi connectivity index (χ0) is 14.5. The van der Waals surface area contributed by atoms with Gasteiger partial charge >= 0.3 is 0 Å². The van der Waals surface area contributed by atoms with Crippen molar-refractivity contribution in [3.63, 3.8) is 0 Å². The quantitative estimate of drug-likeness (QED) is 0.850. The summed E-state index contributed by atoms with van der Waals surface area (Å²) in [6.07, 6.45) is 0. The fourth-order valence-electron chi connectivity index (χ4n) is 1.67. The van der Waals surface area contributed by atoms with Crippen molar-refractivity contribution in [2.45, 2.75) is 6.92 Å². The maximum absolute atomic E-state index is 11.8. The zero-order valence-electron chi connectivity index (χ0n) is 11.0. The van der Waals surface area contributed by atoms with Crippen molar-refractivity contribution in [1.82, 2.24) is 0 Å². The van der Waals surface area contributed by atoms with Crippen LogP contribution in [0.2, 0.25) is 5.02 Å². The molecule has 0 aliphatic rings. The minimum Gasteiger partial charge on any atom is -0.484 e. The molecule has 0 aliphatic heterocycles. The van der Waals surface area contributed by atoms with E-state index in [2.05, 4.69) is 5.32 Å². The van der Waals surface area contributed by atoms with Gasteiger partial charge in [0.1, 0.15) is 5.75 Å². The molecular weight excluding hydrogens is 276 g/mol. The molecular formula is C15H15ClN2O2. The molecule has 3 N–H and O–H groups in total. The number of rotatable bonds is 4. The number of nitrogens with one attached hydrogen (secondary N) is 1. The van der Waals surface area contributed by atoms with E-state index < -0.39 is 0 Å². The van der Waals surface area contributed by atoms with Crippen LogP contribution < -0.4 is 15.8 Å². The van der Waals surface area contributed by atoms with Crippen molar-refractivity contribution in [3.05, 3.63) is 53.1 Å². The fraction of sp³-hybridized carbons (Fsp3) is 0.133. The number of ether oxygens (including phenoxy) is 1. The highest BCUT2D eigenvalue weighted by molar-refractivity contribution is 6.33. The van der Waals surface area contributed by atoms with Crippen LogP contribution in [0.4, 0.5) is 11.4 Å². The number of amides is 1. The van der Waals surface area contributed by atoms with Crippen molar-refractivity contribution >= 4 is 28.9 Å². The summed E-state index contributed by atoms with van der Waals surface area (Å²) in [5.41, 5.74) is 7.89.